The molecule has 1 aliphatic rings. The van der Waals surface area contributed by atoms with Crippen molar-refractivity contribution in [2.24, 2.45) is 12.5 Å². The van der Waals surface area contributed by atoms with Gasteiger partial charge in [-0.2, -0.15) is 5.10 Å². The third kappa shape index (κ3) is 2.27. The second kappa shape index (κ2) is 4.72. The summed E-state index contributed by atoms with van der Waals surface area (Å²) in [7, 11) is 1.94. The molecule has 2 rings (SSSR count). The molecule has 0 spiro atoms. The van der Waals surface area contributed by atoms with E-state index >= 15 is 0 Å². The van der Waals surface area contributed by atoms with Crippen LogP contribution >= 0.6 is 0 Å². The molecule has 1 atom stereocenters. The lowest BCUT2D eigenvalue weighted by Gasteiger charge is -2.39. The first kappa shape index (κ1) is 13.1. The molecule has 0 amide bonds. The van der Waals surface area contributed by atoms with Gasteiger partial charge in [-0.15, -0.1) is 0 Å². The van der Waals surface area contributed by atoms with Gasteiger partial charge >= 0.3 is 5.97 Å². The van der Waals surface area contributed by atoms with Crippen LogP contribution < -0.4 is 0 Å². The predicted octanol–water partition coefficient (Wildman–Crippen LogP) is 1.67. The number of aliphatic carboxylic acids is 1. The number of nitrogens with zero attached hydrogens (tertiary/aromatic N) is 3. The molecule has 18 heavy (non-hydrogen) atoms. The van der Waals surface area contributed by atoms with Crippen molar-refractivity contribution in [1.82, 2.24) is 14.7 Å². The van der Waals surface area contributed by atoms with Crippen LogP contribution in [0.4, 0.5) is 0 Å². The molecule has 5 nitrogen and oxygen atoms in total. The number of rotatable bonds is 3. The second-order valence-electron chi connectivity index (χ2n) is 5.46. The van der Waals surface area contributed by atoms with Crippen LogP contribution in [0.15, 0.2) is 12.3 Å². The van der Waals surface area contributed by atoms with Gasteiger partial charge in [-0.1, -0.05) is 0 Å². The van der Waals surface area contributed by atoms with E-state index in [1.807, 2.05) is 24.7 Å². The molecular formula is C13H21N3O2. The largest absolute Gasteiger partial charge is 0.481 e. The molecular weight excluding hydrogens is 230 g/mol. The molecule has 1 saturated heterocycles. The lowest BCUT2D eigenvalue weighted by molar-refractivity contribution is -0.151. The number of hydrogen-bond acceptors (Lipinski definition) is 3. The summed E-state index contributed by atoms with van der Waals surface area (Å²) in [5, 5.41) is 13.4. The third-order valence-electron chi connectivity index (χ3n) is 4.25. The standard InChI is InChI=1S/C13H21N3O2/c1-10(11-4-7-14-15(11)3)16-8-5-13(2,6-9-16)12(17)18/h4,7,10H,5-6,8-9H2,1-3H3,(H,17,18). The fraction of sp³-hybridized carbons (Fsp3) is 0.692. The average molecular weight is 251 g/mol. The highest BCUT2D eigenvalue weighted by atomic mass is 16.4. The Morgan fingerprint density at radius 1 is 1.50 bits per heavy atom. The monoisotopic (exact) mass is 251 g/mol. The van der Waals surface area contributed by atoms with E-state index in [1.54, 1.807) is 6.20 Å². The Hall–Kier alpha value is -1.36. The van der Waals surface area contributed by atoms with Gasteiger partial charge in [0.2, 0.25) is 0 Å². The first-order valence-electron chi connectivity index (χ1n) is 6.39. The molecule has 100 valence electrons. The number of carbonyl (C=O) groups is 1. The topological polar surface area (TPSA) is 58.4 Å². The van der Waals surface area contributed by atoms with Crippen molar-refractivity contribution in [3.05, 3.63) is 18.0 Å². The normalized spacial score (nSPS) is 21.7. The van der Waals surface area contributed by atoms with Gasteiger partial charge in [0.05, 0.1) is 11.1 Å². The van der Waals surface area contributed by atoms with E-state index in [4.69, 9.17) is 0 Å². The molecule has 1 unspecified atom stereocenters. The summed E-state index contributed by atoms with van der Waals surface area (Å²) in [6.07, 6.45) is 3.23. The van der Waals surface area contributed by atoms with Crippen molar-refractivity contribution in [3.8, 4) is 0 Å². The number of aryl methyl sites for hydroxylation is 1. The van der Waals surface area contributed by atoms with Gasteiger partial charge in [0.15, 0.2) is 0 Å². The molecule has 0 aromatic carbocycles. The van der Waals surface area contributed by atoms with Crippen LogP contribution in [0.5, 0.6) is 0 Å². The Morgan fingerprint density at radius 2 is 2.11 bits per heavy atom. The minimum Gasteiger partial charge on any atom is -0.481 e. The molecule has 1 aromatic rings. The molecule has 1 aliphatic heterocycles. The van der Waals surface area contributed by atoms with E-state index in [1.165, 1.54) is 5.69 Å². The third-order valence-corrected chi connectivity index (χ3v) is 4.25. The first-order valence-corrected chi connectivity index (χ1v) is 6.39. The summed E-state index contributed by atoms with van der Waals surface area (Å²) < 4.78 is 1.88. The van der Waals surface area contributed by atoms with Crippen LogP contribution in [0.3, 0.4) is 0 Å². The highest BCUT2D eigenvalue weighted by Gasteiger charge is 2.38. The highest BCUT2D eigenvalue weighted by molar-refractivity contribution is 5.74. The molecule has 0 bridgehead atoms. The van der Waals surface area contributed by atoms with Crippen molar-refractivity contribution in [3.63, 3.8) is 0 Å². The zero-order valence-corrected chi connectivity index (χ0v) is 11.3. The fourth-order valence-corrected chi connectivity index (χ4v) is 2.60. The lowest BCUT2D eigenvalue weighted by atomic mass is 9.80. The van der Waals surface area contributed by atoms with Gasteiger partial charge < -0.3 is 5.11 Å². The summed E-state index contributed by atoms with van der Waals surface area (Å²) in [6, 6.07) is 2.31. The number of aromatic nitrogens is 2. The Balaban J connectivity index is 2.02. The molecule has 2 heterocycles. The molecule has 1 aromatic heterocycles. The van der Waals surface area contributed by atoms with E-state index in [-0.39, 0.29) is 6.04 Å². The van der Waals surface area contributed by atoms with Gasteiger partial charge in [-0.25, -0.2) is 0 Å². The second-order valence-corrected chi connectivity index (χ2v) is 5.46. The minimum atomic E-state index is -0.671. The predicted molar refractivity (Wildman–Crippen MR) is 68.2 cm³/mol. The lowest BCUT2D eigenvalue weighted by Crippen LogP contribution is -2.43. The number of likely N-dealkylation sites (tertiary alicyclic amines) is 1. The van der Waals surface area contributed by atoms with Crippen LogP contribution in [0.2, 0.25) is 0 Å². The van der Waals surface area contributed by atoms with E-state index in [2.05, 4.69) is 16.9 Å². The number of carboxylic acid groups (broad SMARTS) is 1. The maximum absolute atomic E-state index is 11.2. The van der Waals surface area contributed by atoms with Crippen molar-refractivity contribution >= 4 is 5.97 Å². The van der Waals surface area contributed by atoms with E-state index < -0.39 is 11.4 Å². The highest BCUT2D eigenvalue weighted by Crippen LogP contribution is 2.34. The van der Waals surface area contributed by atoms with Crippen LogP contribution in [-0.2, 0) is 11.8 Å². The van der Waals surface area contributed by atoms with Crippen molar-refractivity contribution in [2.45, 2.75) is 32.7 Å². The van der Waals surface area contributed by atoms with Crippen molar-refractivity contribution in [1.29, 1.82) is 0 Å². The first-order chi connectivity index (χ1) is 8.44. The van der Waals surface area contributed by atoms with E-state index in [0.29, 0.717) is 12.8 Å². The van der Waals surface area contributed by atoms with Crippen LogP contribution in [0, 0.1) is 5.41 Å². The maximum Gasteiger partial charge on any atom is 0.309 e. The van der Waals surface area contributed by atoms with E-state index in [9.17, 15) is 9.90 Å². The molecule has 0 saturated carbocycles. The fourth-order valence-electron chi connectivity index (χ4n) is 2.60. The Labute approximate surface area is 107 Å². The van der Waals surface area contributed by atoms with Crippen LogP contribution in [0.1, 0.15) is 38.4 Å². The Kier molecular flexibility index (Phi) is 3.43. The smallest absolute Gasteiger partial charge is 0.309 e. The summed E-state index contributed by atoms with van der Waals surface area (Å²) in [4.78, 5) is 13.5. The maximum atomic E-state index is 11.2. The zero-order chi connectivity index (χ0) is 13.3. The number of piperidine rings is 1. The summed E-state index contributed by atoms with van der Waals surface area (Å²) in [6.45, 7) is 5.66. The zero-order valence-electron chi connectivity index (χ0n) is 11.3. The molecule has 1 fully saturated rings. The molecule has 0 aliphatic carbocycles. The average Bonchev–Trinajstić information content (AvgIpc) is 2.75. The van der Waals surface area contributed by atoms with Gasteiger partial charge in [0, 0.05) is 19.3 Å². The van der Waals surface area contributed by atoms with Crippen LogP contribution in [0.25, 0.3) is 0 Å². The van der Waals surface area contributed by atoms with Gasteiger partial charge in [0.1, 0.15) is 0 Å². The van der Waals surface area contributed by atoms with Crippen molar-refractivity contribution in [2.75, 3.05) is 13.1 Å². The minimum absolute atomic E-state index is 0.288. The molecule has 1 N–H and O–H groups in total. The van der Waals surface area contributed by atoms with E-state index in [0.717, 1.165) is 13.1 Å². The number of hydrogen-bond donors (Lipinski definition) is 1. The molecule has 0 radical (unpaired) electrons. The summed E-state index contributed by atoms with van der Waals surface area (Å²) in [5.74, 6) is -0.671. The van der Waals surface area contributed by atoms with Gasteiger partial charge in [-0.3, -0.25) is 14.4 Å². The SMILES string of the molecule is CC(c1ccnn1C)N1CCC(C)(C(=O)O)CC1. The van der Waals surface area contributed by atoms with Crippen molar-refractivity contribution < 1.29 is 9.90 Å². The summed E-state index contributed by atoms with van der Waals surface area (Å²) in [5.41, 5.74) is 0.622. The van der Waals surface area contributed by atoms with Crippen LogP contribution in [-0.4, -0.2) is 38.8 Å². The Bertz CT molecular complexity index is 433. The number of carboxylic acids is 1. The summed E-state index contributed by atoms with van der Waals surface area (Å²) >= 11 is 0. The quantitative estimate of drug-likeness (QED) is 0.887. The van der Waals surface area contributed by atoms with Gasteiger partial charge in [-0.05, 0) is 45.8 Å². The van der Waals surface area contributed by atoms with Gasteiger partial charge in [0.25, 0.3) is 0 Å². The Morgan fingerprint density at radius 3 is 2.56 bits per heavy atom. The molecule has 5 heteroatoms.